The lowest BCUT2D eigenvalue weighted by Crippen LogP contribution is -2.17. The highest BCUT2D eigenvalue weighted by atomic mass is 35.5. The van der Waals surface area contributed by atoms with Crippen molar-refractivity contribution in [3.63, 3.8) is 0 Å². The maximum absolute atomic E-state index is 12.3. The Morgan fingerprint density at radius 1 is 1.17 bits per heavy atom. The minimum Gasteiger partial charge on any atom is -0.284 e. The molecule has 0 saturated heterocycles. The summed E-state index contributed by atoms with van der Waals surface area (Å²) in [7, 11) is -3.56. The SMILES string of the molecule is O=S(=O)(CCCCl)Nc1ccc(C(F)(F)F)cc1. The molecular formula is C10H11ClF3NO2S. The van der Waals surface area contributed by atoms with Crippen molar-refractivity contribution in [1.82, 2.24) is 0 Å². The Morgan fingerprint density at radius 3 is 2.17 bits per heavy atom. The van der Waals surface area contributed by atoms with Gasteiger partial charge in [0.25, 0.3) is 0 Å². The fraction of sp³-hybridized carbons (Fsp3) is 0.400. The van der Waals surface area contributed by atoms with Crippen LogP contribution >= 0.6 is 11.6 Å². The molecule has 0 atom stereocenters. The molecule has 0 aliphatic heterocycles. The van der Waals surface area contributed by atoms with E-state index in [1.807, 2.05) is 0 Å². The molecule has 0 bridgehead atoms. The third-order valence-corrected chi connectivity index (χ3v) is 3.67. The lowest BCUT2D eigenvalue weighted by molar-refractivity contribution is -0.137. The molecule has 0 radical (unpaired) electrons. The Balaban J connectivity index is 2.75. The molecule has 0 amide bonds. The molecule has 3 nitrogen and oxygen atoms in total. The highest BCUT2D eigenvalue weighted by molar-refractivity contribution is 7.92. The van der Waals surface area contributed by atoms with Crippen LogP contribution in [0.15, 0.2) is 24.3 Å². The van der Waals surface area contributed by atoms with Crippen LogP contribution in [0.4, 0.5) is 18.9 Å². The van der Waals surface area contributed by atoms with Gasteiger partial charge in [-0.1, -0.05) is 0 Å². The van der Waals surface area contributed by atoms with Crippen LogP contribution in [0.1, 0.15) is 12.0 Å². The molecule has 1 N–H and O–H groups in total. The Hall–Kier alpha value is -0.950. The summed E-state index contributed by atoms with van der Waals surface area (Å²) in [6.07, 6.45) is -4.16. The van der Waals surface area contributed by atoms with Gasteiger partial charge in [-0.3, -0.25) is 4.72 Å². The van der Waals surface area contributed by atoms with E-state index in [0.717, 1.165) is 24.3 Å². The lowest BCUT2D eigenvalue weighted by Gasteiger charge is -2.09. The van der Waals surface area contributed by atoms with Gasteiger partial charge in [0.15, 0.2) is 0 Å². The van der Waals surface area contributed by atoms with Gasteiger partial charge in [0.2, 0.25) is 10.0 Å². The van der Waals surface area contributed by atoms with Crippen LogP contribution < -0.4 is 4.72 Å². The topological polar surface area (TPSA) is 46.2 Å². The smallest absolute Gasteiger partial charge is 0.284 e. The van der Waals surface area contributed by atoms with Crippen LogP contribution in [0.25, 0.3) is 0 Å². The van der Waals surface area contributed by atoms with Crippen molar-refractivity contribution in [2.24, 2.45) is 0 Å². The molecule has 0 aromatic heterocycles. The number of rotatable bonds is 5. The van der Waals surface area contributed by atoms with E-state index < -0.39 is 21.8 Å². The van der Waals surface area contributed by atoms with Gasteiger partial charge >= 0.3 is 6.18 Å². The van der Waals surface area contributed by atoms with Gasteiger partial charge in [0.05, 0.1) is 11.3 Å². The molecule has 1 aromatic rings. The van der Waals surface area contributed by atoms with E-state index in [2.05, 4.69) is 4.72 Å². The summed E-state index contributed by atoms with van der Waals surface area (Å²) >= 11 is 5.36. The molecular weight excluding hydrogens is 291 g/mol. The number of sulfonamides is 1. The number of anilines is 1. The normalized spacial score (nSPS) is 12.4. The molecule has 18 heavy (non-hydrogen) atoms. The number of halogens is 4. The summed E-state index contributed by atoms with van der Waals surface area (Å²) in [5, 5.41) is 0. The van der Waals surface area contributed by atoms with Gasteiger partial charge in [-0.05, 0) is 30.7 Å². The van der Waals surface area contributed by atoms with Gasteiger partial charge < -0.3 is 0 Å². The number of nitrogens with one attached hydrogen (secondary N) is 1. The maximum atomic E-state index is 12.3. The van der Waals surface area contributed by atoms with Gasteiger partial charge in [0, 0.05) is 11.6 Å². The quantitative estimate of drug-likeness (QED) is 0.850. The number of alkyl halides is 4. The summed E-state index contributed by atoms with van der Waals surface area (Å²) in [4.78, 5) is 0. The van der Waals surface area contributed by atoms with Crippen LogP contribution in [-0.4, -0.2) is 20.1 Å². The molecule has 0 fully saturated rings. The maximum Gasteiger partial charge on any atom is 0.416 e. The van der Waals surface area contributed by atoms with Crippen molar-refractivity contribution < 1.29 is 21.6 Å². The van der Waals surface area contributed by atoms with Gasteiger partial charge in [-0.2, -0.15) is 13.2 Å². The minimum atomic E-state index is -4.43. The Kier molecular flexibility index (Phi) is 4.86. The summed E-state index contributed by atoms with van der Waals surface area (Å²) in [6.45, 7) is 0. The van der Waals surface area contributed by atoms with E-state index in [1.165, 1.54) is 0 Å². The van der Waals surface area contributed by atoms with E-state index in [0.29, 0.717) is 0 Å². The highest BCUT2D eigenvalue weighted by Gasteiger charge is 2.30. The Bertz CT molecular complexity index is 485. The molecule has 102 valence electrons. The molecule has 0 heterocycles. The zero-order chi connectivity index (χ0) is 13.8. The Morgan fingerprint density at radius 2 is 1.72 bits per heavy atom. The summed E-state index contributed by atoms with van der Waals surface area (Å²) in [5.74, 6) is 0.0332. The van der Waals surface area contributed by atoms with E-state index in [9.17, 15) is 21.6 Å². The number of hydrogen-bond acceptors (Lipinski definition) is 2. The van der Waals surface area contributed by atoms with Crippen molar-refractivity contribution in [2.75, 3.05) is 16.4 Å². The first-order valence-electron chi connectivity index (χ1n) is 4.98. The van der Waals surface area contributed by atoms with E-state index in [1.54, 1.807) is 0 Å². The predicted octanol–water partition coefficient (Wildman–Crippen LogP) is 3.08. The fourth-order valence-corrected chi connectivity index (χ4v) is 2.62. The molecule has 0 unspecified atom stereocenters. The predicted molar refractivity (Wildman–Crippen MR) is 64.2 cm³/mol. The number of benzene rings is 1. The summed E-state index contributed by atoms with van der Waals surface area (Å²) in [5.41, 5.74) is -0.733. The Labute approximate surface area is 108 Å². The van der Waals surface area contributed by atoms with Crippen molar-refractivity contribution in [1.29, 1.82) is 0 Å². The zero-order valence-electron chi connectivity index (χ0n) is 9.17. The number of hydrogen-bond donors (Lipinski definition) is 1. The summed E-state index contributed by atoms with van der Waals surface area (Å²) < 4.78 is 61.9. The molecule has 0 aliphatic rings. The molecule has 0 saturated carbocycles. The highest BCUT2D eigenvalue weighted by Crippen LogP contribution is 2.29. The first-order chi connectivity index (χ1) is 8.24. The third-order valence-electron chi connectivity index (χ3n) is 2.03. The average Bonchev–Trinajstić information content (AvgIpc) is 2.25. The van der Waals surface area contributed by atoms with Crippen molar-refractivity contribution in [2.45, 2.75) is 12.6 Å². The monoisotopic (exact) mass is 301 g/mol. The van der Waals surface area contributed by atoms with E-state index in [4.69, 9.17) is 11.6 Å². The first-order valence-corrected chi connectivity index (χ1v) is 7.17. The minimum absolute atomic E-state index is 0.0950. The van der Waals surface area contributed by atoms with E-state index in [-0.39, 0.29) is 23.7 Å². The van der Waals surface area contributed by atoms with Crippen molar-refractivity contribution >= 4 is 27.3 Å². The molecule has 0 spiro atoms. The summed E-state index contributed by atoms with van der Waals surface area (Å²) in [6, 6.07) is 3.78. The third kappa shape index (κ3) is 4.73. The van der Waals surface area contributed by atoms with Crippen LogP contribution in [0.3, 0.4) is 0 Å². The molecule has 8 heteroatoms. The average molecular weight is 302 g/mol. The van der Waals surface area contributed by atoms with Crippen LogP contribution in [0.5, 0.6) is 0 Å². The van der Waals surface area contributed by atoms with Gasteiger partial charge in [-0.15, -0.1) is 11.6 Å². The van der Waals surface area contributed by atoms with Crippen LogP contribution in [0, 0.1) is 0 Å². The van der Waals surface area contributed by atoms with Crippen LogP contribution in [-0.2, 0) is 16.2 Å². The molecule has 0 aliphatic carbocycles. The second-order valence-corrected chi connectivity index (χ2v) is 5.76. The molecule has 1 aromatic carbocycles. The largest absolute Gasteiger partial charge is 0.416 e. The van der Waals surface area contributed by atoms with Crippen molar-refractivity contribution in [3.8, 4) is 0 Å². The van der Waals surface area contributed by atoms with Gasteiger partial charge in [0.1, 0.15) is 0 Å². The standard InChI is InChI=1S/C10H11ClF3NO2S/c11-6-1-7-18(16,17)15-9-4-2-8(3-5-9)10(12,13)14/h2-5,15H,1,6-7H2. The van der Waals surface area contributed by atoms with Crippen molar-refractivity contribution in [3.05, 3.63) is 29.8 Å². The van der Waals surface area contributed by atoms with Crippen LogP contribution in [0.2, 0.25) is 0 Å². The zero-order valence-corrected chi connectivity index (χ0v) is 10.7. The second kappa shape index (κ2) is 5.79. The molecule has 1 rings (SSSR count). The fourth-order valence-electron chi connectivity index (χ4n) is 1.20. The lowest BCUT2D eigenvalue weighted by atomic mass is 10.2. The first kappa shape index (κ1) is 15.1. The van der Waals surface area contributed by atoms with Gasteiger partial charge in [-0.25, -0.2) is 8.42 Å². The van der Waals surface area contributed by atoms with E-state index >= 15 is 0 Å². The second-order valence-electron chi connectivity index (χ2n) is 3.54.